The monoisotopic (exact) mass is 343 g/mol. The zero-order valence-electron chi connectivity index (χ0n) is 11.2. The Balaban J connectivity index is 1.96. The van der Waals surface area contributed by atoms with E-state index in [0.717, 1.165) is 30.2 Å². The predicted molar refractivity (Wildman–Crippen MR) is 78.8 cm³/mol. The normalized spacial score (nSPS) is 22.6. The molecule has 0 bridgehead atoms. The molecule has 2 N–H and O–H groups in total. The van der Waals surface area contributed by atoms with Crippen LogP contribution in [0.3, 0.4) is 0 Å². The maximum absolute atomic E-state index is 13.2. The van der Waals surface area contributed by atoms with E-state index in [1.165, 1.54) is 12.1 Å². The number of nitrogens with one attached hydrogen (secondary N) is 1. The van der Waals surface area contributed by atoms with E-state index >= 15 is 0 Å². The number of carbonyl (C=O) groups excluding carboxylic acids is 1. The molecular weight excluding hydrogens is 325 g/mol. The van der Waals surface area contributed by atoms with Crippen LogP contribution in [-0.4, -0.2) is 23.7 Å². The Morgan fingerprint density at radius 1 is 1.40 bits per heavy atom. The Labute approximate surface area is 126 Å². The van der Waals surface area contributed by atoms with Gasteiger partial charge in [-0.15, -0.1) is 0 Å². The summed E-state index contributed by atoms with van der Waals surface area (Å²) in [6.45, 7) is 0.106. The van der Waals surface area contributed by atoms with Crippen molar-refractivity contribution < 1.29 is 14.3 Å². The van der Waals surface area contributed by atoms with Crippen LogP contribution < -0.4 is 5.32 Å². The fraction of sp³-hybridized carbons (Fsp3) is 0.533. The van der Waals surface area contributed by atoms with Crippen molar-refractivity contribution in [2.75, 3.05) is 6.61 Å². The molecule has 1 aliphatic rings. The maximum Gasteiger partial charge on any atom is 0.224 e. The van der Waals surface area contributed by atoms with E-state index in [1.807, 2.05) is 0 Å². The van der Waals surface area contributed by atoms with Gasteiger partial charge in [-0.1, -0.05) is 28.8 Å². The van der Waals surface area contributed by atoms with Crippen LogP contribution >= 0.6 is 15.9 Å². The number of aliphatic hydroxyl groups is 1. The van der Waals surface area contributed by atoms with Crippen molar-refractivity contribution in [2.45, 2.75) is 38.1 Å². The highest BCUT2D eigenvalue weighted by Gasteiger charge is 2.25. The van der Waals surface area contributed by atoms with Gasteiger partial charge in [0.15, 0.2) is 0 Å². The van der Waals surface area contributed by atoms with Crippen molar-refractivity contribution in [2.24, 2.45) is 5.92 Å². The molecule has 1 fully saturated rings. The van der Waals surface area contributed by atoms with E-state index in [0.29, 0.717) is 5.56 Å². The van der Waals surface area contributed by atoms with Crippen LogP contribution in [0.4, 0.5) is 4.39 Å². The molecule has 0 saturated heterocycles. The summed E-state index contributed by atoms with van der Waals surface area (Å²) >= 11 is 3.32. The lowest BCUT2D eigenvalue weighted by molar-refractivity contribution is -0.121. The van der Waals surface area contributed by atoms with Gasteiger partial charge in [0.05, 0.1) is 6.42 Å². The van der Waals surface area contributed by atoms with Gasteiger partial charge in [0.2, 0.25) is 5.91 Å². The summed E-state index contributed by atoms with van der Waals surface area (Å²) < 4.78 is 13.9. The Morgan fingerprint density at radius 2 is 2.15 bits per heavy atom. The van der Waals surface area contributed by atoms with Gasteiger partial charge in [-0.3, -0.25) is 4.79 Å². The molecule has 110 valence electrons. The van der Waals surface area contributed by atoms with Crippen molar-refractivity contribution in [1.82, 2.24) is 5.32 Å². The number of aliphatic hydroxyl groups excluding tert-OH is 1. The predicted octanol–water partition coefficient (Wildman–Crippen LogP) is 2.80. The first-order valence-electron chi connectivity index (χ1n) is 6.94. The first-order valence-corrected chi connectivity index (χ1v) is 7.73. The molecule has 0 aromatic heterocycles. The molecule has 0 radical (unpaired) electrons. The highest BCUT2D eigenvalue weighted by molar-refractivity contribution is 9.10. The molecule has 2 atom stereocenters. The summed E-state index contributed by atoms with van der Waals surface area (Å²) in [6.07, 6.45) is 4.18. The van der Waals surface area contributed by atoms with Crippen LogP contribution in [0.25, 0.3) is 0 Å². The topological polar surface area (TPSA) is 49.3 Å². The fourth-order valence-corrected chi connectivity index (χ4v) is 3.11. The molecule has 1 aromatic rings. The summed E-state index contributed by atoms with van der Waals surface area (Å²) in [5.74, 6) is -0.327. The Bertz CT molecular complexity index is 481. The van der Waals surface area contributed by atoms with Gasteiger partial charge in [0, 0.05) is 23.0 Å². The van der Waals surface area contributed by atoms with Gasteiger partial charge in [-0.05, 0) is 36.6 Å². The number of amides is 1. The van der Waals surface area contributed by atoms with Gasteiger partial charge < -0.3 is 10.4 Å². The third-order valence-corrected chi connectivity index (χ3v) is 4.62. The first kappa shape index (κ1) is 15.4. The van der Waals surface area contributed by atoms with E-state index in [1.54, 1.807) is 6.07 Å². The van der Waals surface area contributed by atoms with Crippen LogP contribution in [0.1, 0.15) is 31.2 Å². The highest BCUT2D eigenvalue weighted by Crippen LogP contribution is 2.24. The SMILES string of the molecule is O=C(Cc1cc(F)ccc1Br)NC1CCCCC1CO. The second-order valence-corrected chi connectivity index (χ2v) is 6.17. The summed E-state index contributed by atoms with van der Waals surface area (Å²) in [5.41, 5.74) is 0.638. The minimum absolute atomic E-state index is 0.0357. The molecule has 0 aliphatic heterocycles. The second kappa shape index (κ2) is 7.18. The molecule has 1 amide bonds. The van der Waals surface area contributed by atoms with Crippen molar-refractivity contribution in [3.8, 4) is 0 Å². The Morgan fingerprint density at radius 3 is 2.90 bits per heavy atom. The van der Waals surface area contributed by atoms with E-state index in [-0.39, 0.29) is 36.7 Å². The zero-order chi connectivity index (χ0) is 14.5. The number of rotatable bonds is 4. The highest BCUT2D eigenvalue weighted by atomic mass is 79.9. The second-order valence-electron chi connectivity index (χ2n) is 5.31. The summed E-state index contributed by atoms with van der Waals surface area (Å²) in [6, 6.07) is 4.37. The van der Waals surface area contributed by atoms with Gasteiger partial charge in [0.25, 0.3) is 0 Å². The third kappa shape index (κ3) is 4.03. The van der Waals surface area contributed by atoms with E-state index in [4.69, 9.17) is 0 Å². The van der Waals surface area contributed by atoms with Gasteiger partial charge in [-0.25, -0.2) is 4.39 Å². The van der Waals surface area contributed by atoms with E-state index in [9.17, 15) is 14.3 Å². The number of benzene rings is 1. The number of halogens is 2. The van der Waals surface area contributed by atoms with Crippen LogP contribution in [0, 0.1) is 11.7 Å². The number of hydrogen-bond acceptors (Lipinski definition) is 2. The quantitative estimate of drug-likeness (QED) is 0.883. The standard InChI is InChI=1S/C15H19BrFNO2/c16-13-6-5-12(17)7-11(13)8-15(20)18-14-4-2-1-3-10(14)9-19/h5-7,10,14,19H,1-4,8-9H2,(H,18,20). The summed E-state index contributed by atoms with van der Waals surface area (Å²) in [7, 11) is 0. The van der Waals surface area contributed by atoms with Gasteiger partial charge in [-0.2, -0.15) is 0 Å². The zero-order valence-corrected chi connectivity index (χ0v) is 12.8. The fourth-order valence-electron chi connectivity index (χ4n) is 2.73. The first-order chi connectivity index (χ1) is 9.60. The summed E-state index contributed by atoms with van der Waals surface area (Å²) in [4.78, 5) is 12.1. The Kier molecular flexibility index (Phi) is 5.54. The maximum atomic E-state index is 13.2. The molecular formula is C15H19BrFNO2. The lowest BCUT2D eigenvalue weighted by Gasteiger charge is -2.30. The average molecular weight is 344 g/mol. The molecule has 2 rings (SSSR count). The molecule has 1 aromatic carbocycles. The lowest BCUT2D eigenvalue weighted by Crippen LogP contribution is -2.44. The molecule has 20 heavy (non-hydrogen) atoms. The third-order valence-electron chi connectivity index (χ3n) is 3.85. The van der Waals surface area contributed by atoms with Crippen LogP contribution in [0.5, 0.6) is 0 Å². The molecule has 0 spiro atoms. The largest absolute Gasteiger partial charge is 0.396 e. The van der Waals surface area contributed by atoms with Crippen LogP contribution in [-0.2, 0) is 11.2 Å². The van der Waals surface area contributed by atoms with E-state index in [2.05, 4.69) is 21.2 Å². The van der Waals surface area contributed by atoms with Gasteiger partial charge in [0.1, 0.15) is 5.82 Å². The van der Waals surface area contributed by atoms with Crippen molar-refractivity contribution in [3.63, 3.8) is 0 Å². The van der Waals surface area contributed by atoms with Crippen LogP contribution in [0.2, 0.25) is 0 Å². The number of carbonyl (C=O) groups is 1. The van der Waals surface area contributed by atoms with Crippen LogP contribution in [0.15, 0.2) is 22.7 Å². The molecule has 1 aliphatic carbocycles. The van der Waals surface area contributed by atoms with Gasteiger partial charge >= 0.3 is 0 Å². The van der Waals surface area contributed by atoms with E-state index < -0.39 is 0 Å². The lowest BCUT2D eigenvalue weighted by atomic mass is 9.85. The molecule has 1 saturated carbocycles. The van der Waals surface area contributed by atoms with Crippen molar-refractivity contribution >= 4 is 21.8 Å². The number of hydrogen-bond donors (Lipinski definition) is 2. The Hall–Kier alpha value is -0.940. The smallest absolute Gasteiger partial charge is 0.224 e. The van der Waals surface area contributed by atoms with Crippen molar-refractivity contribution in [1.29, 1.82) is 0 Å². The average Bonchev–Trinajstić information content (AvgIpc) is 2.43. The minimum Gasteiger partial charge on any atom is -0.396 e. The molecule has 2 unspecified atom stereocenters. The molecule has 5 heteroatoms. The summed E-state index contributed by atoms with van der Waals surface area (Å²) in [5, 5.41) is 12.3. The minimum atomic E-state index is -0.345. The van der Waals surface area contributed by atoms with Crippen molar-refractivity contribution in [3.05, 3.63) is 34.1 Å². The molecule has 3 nitrogen and oxygen atoms in total. The molecule has 0 heterocycles.